The van der Waals surface area contributed by atoms with Crippen LogP contribution in [-0.4, -0.2) is 58.7 Å². The molecular formula is C18H26N4O2S. The van der Waals surface area contributed by atoms with Gasteiger partial charge >= 0.3 is 5.97 Å². The zero-order chi connectivity index (χ0) is 18.1. The summed E-state index contributed by atoms with van der Waals surface area (Å²) in [5.74, 6) is 1.10. The van der Waals surface area contributed by atoms with Gasteiger partial charge in [-0.15, -0.1) is 11.3 Å². The first kappa shape index (κ1) is 18.1. The van der Waals surface area contributed by atoms with Crippen molar-refractivity contribution in [2.45, 2.75) is 46.1 Å². The predicted octanol–water partition coefficient (Wildman–Crippen LogP) is 2.99. The molecule has 0 saturated carbocycles. The van der Waals surface area contributed by atoms with Crippen LogP contribution in [0.25, 0.3) is 10.2 Å². The van der Waals surface area contributed by atoms with Crippen molar-refractivity contribution in [2.24, 2.45) is 0 Å². The minimum atomic E-state index is -0.763. The van der Waals surface area contributed by atoms with E-state index < -0.39 is 5.97 Å². The molecular weight excluding hydrogens is 336 g/mol. The molecule has 1 atom stereocenters. The molecule has 25 heavy (non-hydrogen) atoms. The molecule has 2 aromatic heterocycles. The van der Waals surface area contributed by atoms with Crippen molar-refractivity contribution in [3.8, 4) is 0 Å². The van der Waals surface area contributed by atoms with E-state index in [-0.39, 0.29) is 6.54 Å². The fourth-order valence-electron chi connectivity index (χ4n) is 3.63. The molecule has 1 aliphatic rings. The van der Waals surface area contributed by atoms with E-state index in [1.165, 1.54) is 15.8 Å². The largest absolute Gasteiger partial charge is 0.480 e. The molecule has 0 amide bonds. The molecule has 1 fully saturated rings. The van der Waals surface area contributed by atoms with Crippen LogP contribution in [0.4, 0.5) is 5.82 Å². The average molecular weight is 362 g/mol. The number of aliphatic carboxylic acids is 1. The number of aromatic nitrogens is 2. The number of rotatable bonds is 4. The van der Waals surface area contributed by atoms with Gasteiger partial charge in [0.05, 0.1) is 11.9 Å². The Kier molecular flexibility index (Phi) is 5.24. The Balaban J connectivity index is 1.86. The van der Waals surface area contributed by atoms with Crippen LogP contribution in [0.15, 0.2) is 0 Å². The van der Waals surface area contributed by atoms with Crippen molar-refractivity contribution >= 4 is 33.3 Å². The lowest BCUT2D eigenvalue weighted by Crippen LogP contribution is -2.36. The third-order valence-corrected chi connectivity index (χ3v) is 6.23. The number of carboxylic acid groups (broad SMARTS) is 1. The van der Waals surface area contributed by atoms with Crippen molar-refractivity contribution in [3.05, 3.63) is 16.3 Å². The van der Waals surface area contributed by atoms with Gasteiger partial charge in [0.15, 0.2) is 0 Å². The molecule has 0 spiro atoms. The third kappa shape index (κ3) is 3.77. The van der Waals surface area contributed by atoms with Crippen LogP contribution in [0.3, 0.4) is 0 Å². The van der Waals surface area contributed by atoms with E-state index >= 15 is 0 Å². The maximum Gasteiger partial charge on any atom is 0.317 e. The van der Waals surface area contributed by atoms with Gasteiger partial charge in [0.2, 0.25) is 0 Å². The van der Waals surface area contributed by atoms with E-state index in [0.29, 0.717) is 6.04 Å². The minimum absolute atomic E-state index is 0.102. The van der Waals surface area contributed by atoms with Gasteiger partial charge in [0.25, 0.3) is 0 Å². The van der Waals surface area contributed by atoms with Crippen LogP contribution in [-0.2, 0) is 4.79 Å². The van der Waals surface area contributed by atoms with E-state index in [9.17, 15) is 4.79 Å². The lowest BCUT2D eigenvalue weighted by atomic mass is 10.1. The van der Waals surface area contributed by atoms with Crippen LogP contribution in [0.5, 0.6) is 0 Å². The SMILES string of the molecule is Cc1nc(N2CCCC(N(C)CC(=O)O)CC2)c2c(C)c(C)sc2n1. The fourth-order valence-corrected chi connectivity index (χ4v) is 4.70. The van der Waals surface area contributed by atoms with E-state index in [0.717, 1.165) is 48.8 Å². The Hall–Kier alpha value is -1.73. The Morgan fingerprint density at radius 2 is 2.04 bits per heavy atom. The summed E-state index contributed by atoms with van der Waals surface area (Å²) in [6, 6.07) is 0.310. The van der Waals surface area contributed by atoms with Crippen molar-refractivity contribution < 1.29 is 9.90 Å². The van der Waals surface area contributed by atoms with Crippen molar-refractivity contribution in [2.75, 3.05) is 31.6 Å². The number of likely N-dealkylation sites (N-methyl/N-ethyl adjacent to an activating group) is 1. The zero-order valence-electron chi connectivity index (χ0n) is 15.4. The maximum absolute atomic E-state index is 11.0. The molecule has 0 bridgehead atoms. The minimum Gasteiger partial charge on any atom is -0.480 e. The Morgan fingerprint density at radius 3 is 2.76 bits per heavy atom. The first-order valence-corrected chi connectivity index (χ1v) is 9.59. The van der Waals surface area contributed by atoms with Gasteiger partial charge in [0, 0.05) is 24.0 Å². The molecule has 1 aliphatic heterocycles. The highest BCUT2D eigenvalue weighted by molar-refractivity contribution is 7.18. The molecule has 1 saturated heterocycles. The number of nitrogens with zero attached hydrogens (tertiary/aromatic N) is 4. The van der Waals surface area contributed by atoms with Crippen LogP contribution >= 0.6 is 11.3 Å². The first-order chi connectivity index (χ1) is 11.9. The molecule has 0 radical (unpaired) electrons. The smallest absolute Gasteiger partial charge is 0.317 e. The Bertz CT molecular complexity index is 789. The zero-order valence-corrected chi connectivity index (χ0v) is 16.2. The van der Waals surface area contributed by atoms with E-state index in [1.54, 1.807) is 11.3 Å². The number of hydrogen-bond donors (Lipinski definition) is 1. The van der Waals surface area contributed by atoms with Gasteiger partial charge in [-0.2, -0.15) is 0 Å². The molecule has 2 aromatic rings. The quantitative estimate of drug-likeness (QED) is 0.902. The van der Waals surface area contributed by atoms with E-state index in [2.05, 4.69) is 23.7 Å². The van der Waals surface area contributed by atoms with Crippen LogP contribution in [0, 0.1) is 20.8 Å². The second-order valence-electron chi connectivity index (χ2n) is 6.94. The summed E-state index contributed by atoms with van der Waals surface area (Å²) in [4.78, 5) is 27.1. The molecule has 136 valence electrons. The number of anilines is 1. The second kappa shape index (κ2) is 7.25. The van der Waals surface area contributed by atoms with Crippen molar-refractivity contribution in [1.29, 1.82) is 0 Å². The predicted molar refractivity (Wildman–Crippen MR) is 102 cm³/mol. The van der Waals surface area contributed by atoms with Crippen molar-refractivity contribution in [1.82, 2.24) is 14.9 Å². The van der Waals surface area contributed by atoms with E-state index in [1.807, 2.05) is 18.9 Å². The molecule has 1 unspecified atom stereocenters. The lowest BCUT2D eigenvalue weighted by molar-refractivity contribution is -0.138. The maximum atomic E-state index is 11.0. The number of aryl methyl sites for hydroxylation is 3. The summed E-state index contributed by atoms with van der Waals surface area (Å²) in [5.41, 5.74) is 1.28. The van der Waals surface area contributed by atoms with Gasteiger partial charge in [-0.25, -0.2) is 9.97 Å². The fraction of sp³-hybridized carbons (Fsp3) is 0.611. The molecule has 7 heteroatoms. The molecule has 0 aliphatic carbocycles. The van der Waals surface area contributed by atoms with Gasteiger partial charge in [-0.05, 0) is 52.6 Å². The molecule has 0 aromatic carbocycles. The van der Waals surface area contributed by atoms with E-state index in [4.69, 9.17) is 10.1 Å². The average Bonchev–Trinajstić information content (AvgIpc) is 2.73. The van der Waals surface area contributed by atoms with Gasteiger partial charge in [-0.3, -0.25) is 9.69 Å². The van der Waals surface area contributed by atoms with Gasteiger partial charge < -0.3 is 10.0 Å². The molecule has 1 N–H and O–H groups in total. The summed E-state index contributed by atoms with van der Waals surface area (Å²) in [6.45, 7) is 8.20. The summed E-state index contributed by atoms with van der Waals surface area (Å²) < 4.78 is 0. The van der Waals surface area contributed by atoms with Crippen LogP contribution in [0.2, 0.25) is 0 Å². The first-order valence-electron chi connectivity index (χ1n) is 8.78. The summed E-state index contributed by atoms with van der Waals surface area (Å²) in [5, 5.41) is 10.2. The summed E-state index contributed by atoms with van der Waals surface area (Å²) >= 11 is 1.74. The molecule has 3 rings (SSSR count). The number of thiophene rings is 1. The number of carbonyl (C=O) groups is 1. The topological polar surface area (TPSA) is 69.6 Å². The highest BCUT2D eigenvalue weighted by Gasteiger charge is 2.24. The molecule has 3 heterocycles. The van der Waals surface area contributed by atoms with Gasteiger partial charge in [-0.1, -0.05) is 0 Å². The second-order valence-corrected chi connectivity index (χ2v) is 8.14. The monoisotopic (exact) mass is 362 g/mol. The highest BCUT2D eigenvalue weighted by Crippen LogP contribution is 2.35. The standard InChI is InChI=1S/C18H26N4O2S/c1-11-12(2)25-18-16(11)17(19-13(3)20-18)22-8-5-6-14(7-9-22)21(4)10-15(23)24/h14H,5-10H2,1-4H3,(H,23,24). The third-order valence-electron chi connectivity index (χ3n) is 5.13. The Morgan fingerprint density at radius 1 is 1.28 bits per heavy atom. The normalized spacial score (nSPS) is 18.8. The van der Waals surface area contributed by atoms with Crippen molar-refractivity contribution in [3.63, 3.8) is 0 Å². The van der Waals surface area contributed by atoms with Crippen LogP contribution in [0.1, 0.15) is 35.5 Å². The number of fused-ring (bicyclic) bond motifs is 1. The lowest BCUT2D eigenvalue weighted by Gasteiger charge is -2.26. The highest BCUT2D eigenvalue weighted by atomic mass is 32.1. The Labute approximate surface area is 152 Å². The summed E-state index contributed by atoms with van der Waals surface area (Å²) in [7, 11) is 1.91. The summed E-state index contributed by atoms with van der Waals surface area (Å²) in [6.07, 6.45) is 3.02. The molecule has 6 nitrogen and oxygen atoms in total. The number of carboxylic acids is 1. The number of hydrogen-bond acceptors (Lipinski definition) is 6. The van der Waals surface area contributed by atoms with Gasteiger partial charge in [0.1, 0.15) is 16.5 Å². The van der Waals surface area contributed by atoms with Crippen LogP contribution < -0.4 is 4.90 Å².